The van der Waals surface area contributed by atoms with Gasteiger partial charge >= 0.3 is 0 Å². The lowest BCUT2D eigenvalue weighted by molar-refractivity contribution is -0.129. The Bertz CT molecular complexity index is 705. The molecule has 0 radical (unpaired) electrons. The fourth-order valence-corrected chi connectivity index (χ4v) is 3.77. The average Bonchev–Trinajstić information content (AvgIpc) is 2.97. The Morgan fingerprint density at radius 3 is 2.07 bits per heavy atom. The van der Waals surface area contributed by atoms with Crippen molar-refractivity contribution in [3.63, 3.8) is 0 Å². The molecule has 2 rings (SSSR count). The minimum Gasteiger partial charge on any atom is -0.497 e. The van der Waals surface area contributed by atoms with Crippen LogP contribution in [0.2, 0.25) is 0 Å². The van der Waals surface area contributed by atoms with Gasteiger partial charge in [-0.15, -0.1) is 12.4 Å². The monoisotopic (exact) mass is 603 g/mol. The fourth-order valence-electron chi connectivity index (χ4n) is 3.77. The van der Waals surface area contributed by atoms with Crippen molar-refractivity contribution in [3.05, 3.63) is 24.6 Å². The van der Waals surface area contributed by atoms with Crippen LogP contribution in [0.3, 0.4) is 0 Å². The van der Waals surface area contributed by atoms with Crippen molar-refractivity contribution in [2.24, 2.45) is 22.5 Å². The number of nitrogens with two attached hydrogens (primary N) is 1. The number of ether oxygens (including phenoxy) is 2. The first-order valence-electron chi connectivity index (χ1n) is 15.6. The Morgan fingerprint density at radius 1 is 1.02 bits per heavy atom. The van der Waals surface area contributed by atoms with Crippen molar-refractivity contribution in [1.29, 1.82) is 0 Å². The predicted molar refractivity (Wildman–Crippen MR) is 177 cm³/mol. The van der Waals surface area contributed by atoms with E-state index in [-0.39, 0.29) is 29.1 Å². The Labute approximate surface area is 259 Å². The van der Waals surface area contributed by atoms with E-state index >= 15 is 0 Å². The van der Waals surface area contributed by atoms with E-state index in [0.717, 1.165) is 97.1 Å². The number of nitrogens with zero attached hydrogens (tertiary/aromatic N) is 2. The molecule has 8 nitrogen and oxygen atoms in total. The van der Waals surface area contributed by atoms with E-state index in [2.05, 4.69) is 68.2 Å². The zero-order valence-corrected chi connectivity index (χ0v) is 28.7. The van der Waals surface area contributed by atoms with Crippen LogP contribution in [-0.2, 0) is 14.3 Å². The molecular weight excluding hydrogens is 538 g/mol. The van der Waals surface area contributed by atoms with Gasteiger partial charge in [0.1, 0.15) is 6.61 Å². The summed E-state index contributed by atoms with van der Waals surface area (Å²) in [6.45, 7) is 36.4. The minimum absolute atomic E-state index is 0. The molecule has 0 saturated carbocycles. The summed E-state index contributed by atoms with van der Waals surface area (Å²) < 4.78 is 10.9. The minimum atomic E-state index is -0.241. The number of rotatable bonds is 14. The van der Waals surface area contributed by atoms with Crippen molar-refractivity contribution >= 4 is 18.3 Å². The maximum Gasteiger partial charge on any atom is 0.225 e. The maximum atomic E-state index is 11.4. The van der Waals surface area contributed by atoms with Crippen LogP contribution in [0.5, 0.6) is 0 Å². The van der Waals surface area contributed by atoms with Crippen LogP contribution in [-0.4, -0.2) is 94.4 Å². The molecule has 2 saturated heterocycles. The third-order valence-corrected chi connectivity index (χ3v) is 8.29. The molecule has 0 aromatic heterocycles. The van der Waals surface area contributed by atoms with Crippen molar-refractivity contribution < 1.29 is 14.3 Å². The van der Waals surface area contributed by atoms with Gasteiger partial charge < -0.3 is 30.7 Å². The summed E-state index contributed by atoms with van der Waals surface area (Å²) in [5.74, 6) is 1.51. The van der Waals surface area contributed by atoms with Gasteiger partial charge in [0.2, 0.25) is 5.91 Å². The first-order chi connectivity index (χ1) is 18.9. The zero-order valence-electron chi connectivity index (χ0n) is 27.9. The summed E-state index contributed by atoms with van der Waals surface area (Å²) in [5.41, 5.74) is 6.63. The summed E-state index contributed by atoms with van der Waals surface area (Å²) in [7, 11) is 0. The van der Waals surface area contributed by atoms with Gasteiger partial charge in [-0.05, 0) is 32.2 Å². The Balaban J connectivity index is 0. The molecule has 2 fully saturated rings. The lowest BCUT2D eigenvalue weighted by atomic mass is 9.86. The van der Waals surface area contributed by atoms with Gasteiger partial charge in [-0.25, -0.2) is 0 Å². The van der Waals surface area contributed by atoms with Gasteiger partial charge in [-0.1, -0.05) is 68.5 Å². The number of hydrogen-bond donors (Lipinski definition) is 3. The van der Waals surface area contributed by atoms with Crippen LogP contribution in [0.1, 0.15) is 81.1 Å². The molecule has 2 heterocycles. The van der Waals surface area contributed by atoms with Crippen LogP contribution < -0.4 is 16.4 Å². The highest BCUT2D eigenvalue weighted by molar-refractivity contribution is 5.85. The quantitative estimate of drug-likeness (QED) is 0.189. The Morgan fingerprint density at radius 2 is 1.59 bits per heavy atom. The van der Waals surface area contributed by atoms with Gasteiger partial charge in [-0.2, -0.15) is 0 Å². The molecule has 0 aromatic carbocycles. The summed E-state index contributed by atoms with van der Waals surface area (Å²) in [6.07, 6.45) is 3.97. The van der Waals surface area contributed by atoms with Gasteiger partial charge in [0.25, 0.3) is 0 Å². The smallest absolute Gasteiger partial charge is 0.225 e. The molecule has 2 aliphatic rings. The molecule has 41 heavy (non-hydrogen) atoms. The van der Waals surface area contributed by atoms with E-state index in [1.807, 2.05) is 20.8 Å². The van der Waals surface area contributed by atoms with E-state index < -0.39 is 0 Å². The topological polar surface area (TPSA) is 92.1 Å². The summed E-state index contributed by atoms with van der Waals surface area (Å²) >= 11 is 0. The first-order valence-corrected chi connectivity index (χ1v) is 15.6. The van der Waals surface area contributed by atoms with Crippen molar-refractivity contribution in [2.75, 3.05) is 78.7 Å². The van der Waals surface area contributed by atoms with Crippen molar-refractivity contribution in [2.45, 2.75) is 81.1 Å². The molecule has 1 atom stereocenters. The largest absolute Gasteiger partial charge is 0.497 e. The number of morpholine rings is 1. The zero-order chi connectivity index (χ0) is 30.6. The molecule has 0 aliphatic carbocycles. The Kier molecular flexibility index (Phi) is 23.6. The molecule has 1 unspecified atom stereocenters. The number of amides is 1. The highest BCUT2D eigenvalue weighted by atomic mass is 35.5. The van der Waals surface area contributed by atoms with Gasteiger partial charge in [0.15, 0.2) is 0 Å². The average molecular weight is 604 g/mol. The third-order valence-electron chi connectivity index (χ3n) is 8.29. The van der Waals surface area contributed by atoms with Crippen molar-refractivity contribution in [3.8, 4) is 0 Å². The Hall–Kier alpha value is -1.32. The second-order valence-electron chi connectivity index (χ2n) is 12.1. The van der Waals surface area contributed by atoms with E-state index in [0.29, 0.717) is 19.0 Å². The highest BCUT2D eigenvalue weighted by Crippen LogP contribution is 2.31. The number of carbonyl (C=O) groups is 1. The lowest BCUT2D eigenvalue weighted by Crippen LogP contribution is -2.45. The molecule has 9 heteroatoms. The fraction of sp³-hybridized carbons (Fsp3) is 0.844. The number of nitrogens with one attached hydrogen (secondary N) is 2. The number of allylic oxidation sites excluding steroid dienone is 2. The van der Waals surface area contributed by atoms with Crippen LogP contribution in [0.4, 0.5) is 0 Å². The molecule has 0 spiro atoms. The SMILES string of the molecule is C=C(N1CCNCC1)C(C)(C)CC.C=C(OCCN1CCOCC1)C(C)CC.CCC(C)(C)C(=O)NCCCN.Cl. The number of carbonyl (C=O) groups excluding carboxylic acids is 1. The molecular formula is C32H66ClN5O3. The van der Waals surface area contributed by atoms with E-state index in [1.165, 1.54) is 5.70 Å². The predicted octanol–water partition coefficient (Wildman–Crippen LogP) is 5.05. The van der Waals surface area contributed by atoms with E-state index in [1.54, 1.807) is 0 Å². The van der Waals surface area contributed by atoms with Crippen LogP contribution in [0, 0.1) is 16.7 Å². The highest BCUT2D eigenvalue weighted by Gasteiger charge is 2.25. The van der Waals surface area contributed by atoms with Gasteiger partial charge in [0, 0.05) is 74.8 Å². The summed E-state index contributed by atoms with van der Waals surface area (Å²) in [4.78, 5) is 16.2. The molecule has 0 aromatic rings. The lowest BCUT2D eigenvalue weighted by Gasteiger charge is -2.38. The molecule has 0 bridgehead atoms. The molecule has 4 N–H and O–H groups in total. The molecule has 2 aliphatic heterocycles. The van der Waals surface area contributed by atoms with Gasteiger partial charge in [-0.3, -0.25) is 9.69 Å². The van der Waals surface area contributed by atoms with E-state index in [4.69, 9.17) is 15.2 Å². The standard InChI is InChI=1S/C12H23NO2.C11H22N2.C9H20N2O.ClH/c1-4-11(2)12(3)15-10-7-13-5-8-14-9-6-13;1-5-11(3,4)10(2)13-8-6-12-7-9-13;1-4-9(2,3)8(12)11-7-5-6-10;/h11H,3-10H2,1-2H3;12H,2,5-9H2,1,3-4H3;4-7,10H2,1-3H3,(H,11,12);1H. The summed E-state index contributed by atoms with van der Waals surface area (Å²) in [5, 5.41) is 6.21. The maximum absolute atomic E-state index is 11.4. The van der Waals surface area contributed by atoms with Gasteiger partial charge in [0.05, 0.1) is 19.0 Å². The number of piperazine rings is 1. The van der Waals surface area contributed by atoms with Crippen molar-refractivity contribution in [1.82, 2.24) is 20.4 Å². The van der Waals surface area contributed by atoms with Crippen LogP contribution in [0.25, 0.3) is 0 Å². The second-order valence-corrected chi connectivity index (χ2v) is 12.1. The number of hydrogen-bond acceptors (Lipinski definition) is 7. The summed E-state index contributed by atoms with van der Waals surface area (Å²) in [6, 6.07) is 0. The third kappa shape index (κ3) is 18.1. The van der Waals surface area contributed by atoms with Crippen LogP contribution >= 0.6 is 12.4 Å². The normalized spacial score (nSPS) is 16.6. The second kappa shape index (κ2) is 23.2. The molecule has 244 valence electrons. The first kappa shape index (κ1) is 41.8. The van der Waals surface area contributed by atoms with E-state index in [9.17, 15) is 4.79 Å². The number of halogens is 1. The molecule has 1 amide bonds. The van der Waals surface area contributed by atoms with Crippen LogP contribution in [0.15, 0.2) is 24.6 Å².